The summed E-state index contributed by atoms with van der Waals surface area (Å²) in [6.45, 7) is 1.62. The van der Waals surface area contributed by atoms with Gasteiger partial charge in [-0.2, -0.15) is 4.31 Å². The summed E-state index contributed by atoms with van der Waals surface area (Å²) in [6.07, 6.45) is 1.56. The van der Waals surface area contributed by atoms with E-state index in [4.69, 9.17) is 4.74 Å². The number of hydrogen-bond acceptors (Lipinski definition) is 6. The monoisotopic (exact) mass is 465 g/mol. The van der Waals surface area contributed by atoms with Gasteiger partial charge in [-0.25, -0.2) is 8.42 Å². The maximum absolute atomic E-state index is 12.8. The number of amides is 2. The number of nitrogens with zero attached hydrogens (tertiary/aromatic N) is 1. The van der Waals surface area contributed by atoms with Gasteiger partial charge in [-0.1, -0.05) is 18.2 Å². The predicted octanol–water partition coefficient (Wildman–Crippen LogP) is 2.55. The van der Waals surface area contributed by atoms with Crippen molar-refractivity contribution in [3.8, 4) is 0 Å². The van der Waals surface area contributed by atoms with E-state index in [1.807, 2.05) is 0 Å². The molecule has 0 radical (unpaired) electrons. The first-order valence-electron chi connectivity index (χ1n) is 10.1. The summed E-state index contributed by atoms with van der Waals surface area (Å²) in [6, 6.07) is 10.2. The topological polar surface area (TPSA) is 105 Å². The Hall–Kier alpha value is -2.27. The van der Waals surface area contributed by atoms with Crippen molar-refractivity contribution in [3.05, 3.63) is 47.3 Å². The van der Waals surface area contributed by atoms with Gasteiger partial charge in [0.05, 0.1) is 11.3 Å². The molecule has 1 aromatic carbocycles. The summed E-state index contributed by atoms with van der Waals surface area (Å²) in [5, 5.41) is 7.41. The molecule has 3 rings (SSSR count). The Balaban J connectivity index is 1.57. The molecule has 8 nitrogen and oxygen atoms in total. The molecule has 1 saturated heterocycles. The van der Waals surface area contributed by atoms with Gasteiger partial charge in [-0.3, -0.25) is 9.59 Å². The molecule has 168 valence electrons. The van der Waals surface area contributed by atoms with E-state index in [2.05, 4.69) is 10.6 Å². The summed E-state index contributed by atoms with van der Waals surface area (Å²) in [4.78, 5) is 25.3. The molecular formula is C21H27N3O5S2. The standard InChI is InChI=1S/C21H27N3O5S2/c1-29-14-5-11-22-21(26)17-6-2-3-7-18(17)23-20(25)16-9-12-24(13-10-16)31(27,28)19-8-4-15-30-19/h2-4,6-8,15-16H,5,9-14H2,1H3,(H,22,26)(H,23,25). The number of sulfonamides is 1. The Morgan fingerprint density at radius 1 is 1.16 bits per heavy atom. The van der Waals surface area contributed by atoms with Gasteiger partial charge in [-0.05, 0) is 42.8 Å². The lowest BCUT2D eigenvalue weighted by Crippen LogP contribution is -2.41. The zero-order chi connectivity index (χ0) is 22.3. The highest BCUT2D eigenvalue weighted by atomic mass is 32.2. The molecule has 0 aliphatic carbocycles. The minimum Gasteiger partial charge on any atom is -0.385 e. The lowest BCUT2D eigenvalue weighted by atomic mass is 9.97. The van der Waals surface area contributed by atoms with Crippen molar-refractivity contribution in [2.24, 2.45) is 5.92 Å². The number of carbonyl (C=O) groups is 2. The molecule has 2 aromatic rings. The van der Waals surface area contributed by atoms with Crippen LogP contribution in [0.4, 0.5) is 5.69 Å². The van der Waals surface area contributed by atoms with Crippen LogP contribution in [0.3, 0.4) is 0 Å². The average Bonchev–Trinajstić information content (AvgIpc) is 3.33. The van der Waals surface area contributed by atoms with Crippen molar-refractivity contribution in [1.29, 1.82) is 0 Å². The number of benzene rings is 1. The lowest BCUT2D eigenvalue weighted by molar-refractivity contribution is -0.120. The van der Waals surface area contributed by atoms with Gasteiger partial charge in [0.1, 0.15) is 4.21 Å². The molecule has 0 atom stereocenters. The Kier molecular flexibility index (Phi) is 8.19. The van der Waals surface area contributed by atoms with E-state index < -0.39 is 10.0 Å². The van der Waals surface area contributed by atoms with E-state index in [-0.39, 0.29) is 17.7 Å². The normalized spacial score (nSPS) is 15.5. The maximum atomic E-state index is 12.8. The van der Waals surface area contributed by atoms with E-state index >= 15 is 0 Å². The highest BCUT2D eigenvalue weighted by Crippen LogP contribution is 2.27. The third-order valence-electron chi connectivity index (χ3n) is 5.15. The lowest BCUT2D eigenvalue weighted by Gasteiger charge is -2.30. The maximum Gasteiger partial charge on any atom is 0.253 e. The third kappa shape index (κ3) is 5.91. The first kappa shape index (κ1) is 23.4. The Bertz CT molecular complexity index is 984. The average molecular weight is 466 g/mol. The van der Waals surface area contributed by atoms with Crippen LogP contribution in [0.1, 0.15) is 29.6 Å². The van der Waals surface area contributed by atoms with E-state index in [1.165, 1.54) is 15.6 Å². The molecule has 0 saturated carbocycles. The molecule has 0 spiro atoms. The number of piperidine rings is 1. The number of anilines is 1. The molecule has 1 aromatic heterocycles. The van der Waals surface area contributed by atoms with Crippen LogP contribution in [-0.2, 0) is 19.6 Å². The number of methoxy groups -OCH3 is 1. The molecule has 1 fully saturated rings. The van der Waals surface area contributed by atoms with Gasteiger partial charge in [0.15, 0.2) is 0 Å². The van der Waals surface area contributed by atoms with Crippen molar-refractivity contribution in [3.63, 3.8) is 0 Å². The summed E-state index contributed by atoms with van der Waals surface area (Å²) in [5.41, 5.74) is 0.844. The Morgan fingerprint density at radius 2 is 1.90 bits per heavy atom. The molecule has 0 unspecified atom stereocenters. The molecule has 2 amide bonds. The van der Waals surface area contributed by atoms with Crippen LogP contribution >= 0.6 is 11.3 Å². The van der Waals surface area contributed by atoms with Gasteiger partial charge >= 0.3 is 0 Å². The van der Waals surface area contributed by atoms with Gasteiger partial charge in [-0.15, -0.1) is 11.3 Å². The van der Waals surface area contributed by atoms with Crippen LogP contribution in [0.25, 0.3) is 0 Å². The minimum absolute atomic E-state index is 0.201. The summed E-state index contributed by atoms with van der Waals surface area (Å²) in [5.74, 6) is -0.774. The van der Waals surface area contributed by atoms with Crippen molar-refractivity contribution >= 4 is 38.9 Å². The van der Waals surface area contributed by atoms with Crippen LogP contribution in [0.15, 0.2) is 46.0 Å². The van der Waals surface area contributed by atoms with E-state index in [0.717, 1.165) is 0 Å². The highest BCUT2D eigenvalue weighted by Gasteiger charge is 2.32. The van der Waals surface area contributed by atoms with Gasteiger partial charge in [0.2, 0.25) is 5.91 Å². The smallest absolute Gasteiger partial charge is 0.253 e. The van der Waals surface area contributed by atoms with Gasteiger partial charge < -0.3 is 15.4 Å². The number of thiophene rings is 1. The fourth-order valence-corrected chi connectivity index (χ4v) is 6.05. The van der Waals surface area contributed by atoms with Crippen molar-refractivity contribution in [1.82, 2.24) is 9.62 Å². The number of hydrogen-bond donors (Lipinski definition) is 2. The van der Waals surface area contributed by atoms with E-state index in [1.54, 1.807) is 48.9 Å². The quantitative estimate of drug-likeness (QED) is 0.554. The fraction of sp³-hybridized carbons (Fsp3) is 0.429. The molecule has 1 aliphatic rings. The number of carbonyl (C=O) groups excluding carboxylic acids is 2. The molecule has 1 aliphatic heterocycles. The molecule has 2 heterocycles. The molecule has 0 bridgehead atoms. The number of para-hydroxylation sites is 1. The second kappa shape index (κ2) is 10.9. The third-order valence-corrected chi connectivity index (χ3v) is 8.43. The van der Waals surface area contributed by atoms with Crippen LogP contribution < -0.4 is 10.6 Å². The second-order valence-electron chi connectivity index (χ2n) is 7.25. The van der Waals surface area contributed by atoms with Crippen LogP contribution in [0.5, 0.6) is 0 Å². The first-order chi connectivity index (χ1) is 14.9. The predicted molar refractivity (Wildman–Crippen MR) is 120 cm³/mol. The van der Waals surface area contributed by atoms with Crippen LogP contribution in [-0.4, -0.2) is 57.9 Å². The largest absolute Gasteiger partial charge is 0.385 e. The fourth-order valence-electron chi connectivity index (χ4n) is 3.43. The first-order valence-corrected chi connectivity index (χ1v) is 12.5. The summed E-state index contributed by atoms with van der Waals surface area (Å²) >= 11 is 1.19. The molecule has 31 heavy (non-hydrogen) atoms. The van der Waals surface area contributed by atoms with Gasteiger partial charge in [0.25, 0.3) is 15.9 Å². The van der Waals surface area contributed by atoms with Crippen molar-refractivity contribution in [2.45, 2.75) is 23.5 Å². The molecular weight excluding hydrogens is 438 g/mol. The zero-order valence-corrected chi connectivity index (χ0v) is 19.0. The van der Waals surface area contributed by atoms with E-state index in [9.17, 15) is 18.0 Å². The summed E-state index contributed by atoms with van der Waals surface area (Å²) < 4.78 is 32.0. The zero-order valence-electron chi connectivity index (χ0n) is 17.4. The van der Waals surface area contributed by atoms with E-state index in [0.29, 0.717) is 61.0 Å². The van der Waals surface area contributed by atoms with Crippen molar-refractivity contribution in [2.75, 3.05) is 38.7 Å². The minimum atomic E-state index is -3.50. The number of nitrogens with one attached hydrogen (secondary N) is 2. The summed E-state index contributed by atoms with van der Waals surface area (Å²) in [7, 11) is -1.89. The van der Waals surface area contributed by atoms with Crippen LogP contribution in [0.2, 0.25) is 0 Å². The number of ether oxygens (including phenoxy) is 1. The van der Waals surface area contributed by atoms with Gasteiger partial charge in [0, 0.05) is 39.3 Å². The van der Waals surface area contributed by atoms with Crippen LogP contribution in [0, 0.1) is 5.92 Å². The second-order valence-corrected chi connectivity index (χ2v) is 10.4. The molecule has 2 N–H and O–H groups in total. The Morgan fingerprint density at radius 3 is 2.58 bits per heavy atom. The number of rotatable bonds is 9. The highest BCUT2D eigenvalue weighted by molar-refractivity contribution is 7.91. The van der Waals surface area contributed by atoms with Crippen molar-refractivity contribution < 1.29 is 22.7 Å². The SMILES string of the molecule is COCCCNC(=O)c1ccccc1NC(=O)C1CCN(S(=O)(=O)c2cccs2)CC1. The Labute approximate surface area is 186 Å². The molecule has 10 heteroatoms.